The van der Waals surface area contributed by atoms with Gasteiger partial charge in [-0.3, -0.25) is 0 Å². The van der Waals surface area contributed by atoms with E-state index in [2.05, 4.69) is 4.72 Å². The van der Waals surface area contributed by atoms with E-state index >= 15 is 0 Å². The third-order valence-corrected chi connectivity index (χ3v) is 4.57. The second-order valence-electron chi connectivity index (χ2n) is 4.68. The van der Waals surface area contributed by atoms with Gasteiger partial charge in [0, 0.05) is 18.3 Å². The van der Waals surface area contributed by atoms with Crippen LogP contribution in [-0.4, -0.2) is 39.5 Å². The maximum absolute atomic E-state index is 13.6. The van der Waals surface area contributed by atoms with Gasteiger partial charge in [0.25, 0.3) is 0 Å². The van der Waals surface area contributed by atoms with Crippen LogP contribution in [0.1, 0.15) is 6.42 Å². The van der Waals surface area contributed by atoms with Crippen molar-refractivity contribution in [2.24, 2.45) is 0 Å². The minimum Gasteiger partial charge on any atom is -0.399 e. The highest BCUT2D eigenvalue weighted by atomic mass is 32.2. The molecule has 8 heteroatoms. The van der Waals surface area contributed by atoms with Crippen molar-refractivity contribution in [2.75, 3.05) is 25.9 Å². The van der Waals surface area contributed by atoms with E-state index in [0.717, 1.165) is 18.7 Å². The standard InChI is InChI=1S/C11H15F2N3O2S/c1-16-3-2-8(6-16)15-19(17,18)11-9(12)4-7(14)5-10(11)13/h4-5,8,15H,2-3,6,14H2,1H3. The zero-order valence-electron chi connectivity index (χ0n) is 10.4. The summed E-state index contributed by atoms with van der Waals surface area (Å²) in [7, 11) is -2.38. The topological polar surface area (TPSA) is 75.4 Å². The smallest absolute Gasteiger partial charge is 0.246 e. The fourth-order valence-corrected chi connectivity index (χ4v) is 3.53. The predicted molar refractivity (Wildman–Crippen MR) is 67.0 cm³/mol. The molecule has 106 valence electrons. The Hall–Kier alpha value is -1.25. The van der Waals surface area contributed by atoms with Gasteiger partial charge in [-0.25, -0.2) is 21.9 Å². The summed E-state index contributed by atoms with van der Waals surface area (Å²) in [5.74, 6) is -2.37. The van der Waals surface area contributed by atoms with Crippen LogP contribution in [0.25, 0.3) is 0 Å². The van der Waals surface area contributed by atoms with Crippen LogP contribution in [0.2, 0.25) is 0 Å². The van der Waals surface area contributed by atoms with Gasteiger partial charge < -0.3 is 10.6 Å². The molecule has 0 radical (unpaired) electrons. The number of halogens is 2. The van der Waals surface area contributed by atoms with Crippen LogP contribution < -0.4 is 10.5 Å². The van der Waals surface area contributed by atoms with Crippen molar-refractivity contribution >= 4 is 15.7 Å². The monoisotopic (exact) mass is 291 g/mol. The predicted octanol–water partition coefficient (Wildman–Crippen LogP) is 0.529. The lowest BCUT2D eigenvalue weighted by Gasteiger charge is -2.14. The molecule has 1 aromatic carbocycles. The number of anilines is 1. The lowest BCUT2D eigenvalue weighted by Crippen LogP contribution is -2.37. The number of likely N-dealkylation sites (tertiary alicyclic amines) is 1. The zero-order valence-corrected chi connectivity index (χ0v) is 11.2. The van der Waals surface area contributed by atoms with Gasteiger partial charge in [-0.2, -0.15) is 0 Å². The molecule has 1 aliphatic rings. The first-order valence-corrected chi connectivity index (χ1v) is 7.23. The van der Waals surface area contributed by atoms with Crippen molar-refractivity contribution in [1.82, 2.24) is 9.62 Å². The highest BCUT2D eigenvalue weighted by molar-refractivity contribution is 7.89. The summed E-state index contributed by atoms with van der Waals surface area (Å²) in [5.41, 5.74) is 5.09. The number of sulfonamides is 1. The van der Waals surface area contributed by atoms with Gasteiger partial charge in [-0.05, 0) is 32.1 Å². The molecule has 1 atom stereocenters. The van der Waals surface area contributed by atoms with Crippen LogP contribution in [-0.2, 0) is 10.0 Å². The van der Waals surface area contributed by atoms with Gasteiger partial charge >= 0.3 is 0 Å². The number of likely N-dealkylation sites (N-methyl/N-ethyl adjacent to an activating group) is 1. The van der Waals surface area contributed by atoms with Crippen LogP contribution in [0, 0.1) is 11.6 Å². The van der Waals surface area contributed by atoms with Crippen LogP contribution in [0.4, 0.5) is 14.5 Å². The third kappa shape index (κ3) is 3.02. The fourth-order valence-electron chi connectivity index (χ4n) is 2.15. The van der Waals surface area contributed by atoms with Crippen LogP contribution in [0.15, 0.2) is 17.0 Å². The molecule has 0 amide bonds. The molecule has 1 aliphatic heterocycles. The van der Waals surface area contributed by atoms with Crippen molar-refractivity contribution in [3.05, 3.63) is 23.8 Å². The Morgan fingerprint density at radius 1 is 1.37 bits per heavy atom. The Balaban J connectivity index is 2.30. The first-order chi connectivity index (χ1) is 8.79. The third-order valence-electron chi connectivity index (χ3n) is 3.00. The summed E-state index contributed by atoms with van der Waals surface area (Å²) >= 11 is 0. The van der Waals surface area contributed by atoms with Gasteiger partial charge in [-0.1, -0.05) is 0 Å². The number of benzene rings is 1. The number of hydrogen-bond donors (Lipinski definition) is 2. The number of nitrogen functional groups attached to an aromatic ring is 1. The molecule has 5 nitrogen and oxygen atoms in total. The molecule has 0 saturated carbocycles. The largest absolute Gasteiger partial charge is 0.399 e. The van der Waals surface area contributed by atoms with E-state index in [1.54, 1.807) is 0 Å². The highest BCUT2D eigenvalue weighted by Crippen LogP contribution is 2.22. The van der Waals surface area contributed by atoms with E-state index in [1.165, 1.54) is 0 Å². The lowest BCUT2D eigenvalue weighted by atomic mass is 10.3. The second kappa shape index (κ2) is 5.03. The number of hydrogen-bond acceptors (Lipinski definition) is 4. The number of nitrogens with two attached hydrogens (primary N) is 1. The summed E-state index contributed by atoms with van der Waals surface area (Å²) in [6.07, 6.45) is 0.605. The van der Waals surface area contributed by atoms with E-state index in [0.29, 0.717) is 13.0 Å². The minimum absolute atomic E-state index is 0.158. The van der Waals surface area contributed by atoms with Crippen molar-refractivity contribution in [1.29, 1.82) is 0 Å². The van der Waals surface area contributed by atoms with Gasteiger partial charge in [0.05, 0.1) is 0 Å². The Labute approximate surface area is 110 Å². The molecule has 19 heavy (non-hydrogen) atoms. The SMILES string of the molecule is CN1CCC(NS(=O)(=O)c2c(F)cc(N)cc2F)C1. The molecular formula is C11H15F2N3O2S. The van der Waals surface area contributed by atoms with E-state index < -0.39 is 26.6 Å². The molecule has 3 N–H and O–H groups in total. The Kier molecular flexibility index (Phi) is 3.75. The summed E-state index contributed by atoms with van der Waals surface area (Å²) in [6, 6.07) is 1.24. The zero-order chi connectivity index (χ0) is 14.2. The summed E-state index contributed by atoms with van der Waals surface area (Å²) < 4.78 is 53.5. The number of nitrogens with one attached hydrogen (secondary N) is 1. The van der Waals surface area contributed by atoms with E-state index in [9.17, 15) is 17.2 Å². The molecular weight excluding hydrogens is 276 g/mol. The second-order valence-corrected chi connectivity index (χ2v) is 6.33. The Morgan fingerprint density at radius 2 is 1.95 bits per heavy atom. The molecule has 1 unspecified atom stereocenters. The van der Waals surface area contributed by atoms with Crippen LogP contribution in [0.3, 0.4) is 0 Å². The van der Waals surface area contributed by atoms with Crippen molar-refractivity contribution in [3.63, 3.8) is 0 Å². The summed E-state index contributed by atoms with van der Waals surface area (Å²) in [6.45, 7) is 1.25. The van der Waals surface area contributed by atoms with Gasteiger partial charge in [0.15, 0.2) is 4.90 Å². The maximum atomic E-state index is 13.6. The van der Waals surface area contributed by atoms with E-state index in [-0.39, 0.29) is 11.7 Å². The van der Waals surface area contributed by atoms with Crippen LogP contribution >= 0.6 is 0 Å². The molecule has 1 fully saturated rings. The van der Waals surface area contributed by atoms with Crippen LogP contribution in [0.5, 0.6) is 0 Å². The number of rotatable bonds is 3. The molecule has 0 spiro atoms. The molecule has 0 aromatic heterocycles. The Bertz CT molecular complexity index is 569. The Morgan fingerprint density at radius 3 is 2.42 bits per heavy atom. The average molecular weight is 291 g/mol. The number of nitrogens with zero attached hydrogens (tertiary/aromatic N) is 1. The van der Waals surface area contributed by atoms with Gasteiger partial charge in [0.1, 0.15) is 11.6 Å². The highest BCUT2D eigenvalue weighted by Gasteiger charge is 2.29. The van der Waals surface area contributed by atoms with Gasteiger partial charge in [0.2, 0.25) is 10.0 Å². The molecule has 0 bridgehead atoms. The minimum atomic E-state index is -4.23. The van der Waals surface area contributed by atoms with Gasteiger partial charge in [-0.15, -0.1) is 0 Å². The average Bonchev–Trinajstić information content (AvgIpc) is 2.60. The van der Waals surface area contributed by atoms with Crippen molar-refractivity contribution < 1.29 is 17.2 Å². The molecule has 1 aromatic rings. The first kappa shape index (κ1) is 14.2. The summed E-state index contributed by atoms with van der Waals surface area (Å²) in [5, 5.41) is 0. The molecule has 1 saturated heterocycles. The lowest BCUT2D eigenvalue weighted by molar-refractivity contribution is 0.406. The van der Waals surface area contributed by atoms with Crippen molar-refractivity contribution in [2.45, 2.75) is 17.4 Å². The fraction of sp³-hybridized carbons (Fsp3) is 0.455. The maximum Gasteiger partial charge on any atom is 0.246 e. The molecule has 0 aliphatic carbocycles. The first-order valence-electron chi connectivity index (χ1n) is 5.75. The summed E-state index contributed by atoms with van der Waals surface area (Å²) in [4.78, 5) is 0.958. The molecule has 1 heterocycles. The van der Waals surface area contributed by atoms with Crippen molar-refractivity contribution in [3.8, 4) is 0 Å². The van der Waals surface area contributed by atoms with E-state index in [4.69, 9.17) is 5.73 Å². The normalized spacial score (nSPS) is 20.9. The quantitative estimate of drug-likeness (QED) is 0.797. The van der Waals surface area contributed by atoms with E-state index in [1.807, 2.05) is 11.9 Å². The molecule has 2 rings (SSSR count).